The maximum atomic E-state index is 5.99. The first-order valence-electron chi connectivity index (χ1n) is 10.4. The number of aromatic nitrogens is 4. The molecule has 0 saturated heterocycles. The van der Waals surface area contributed by atoms with Crippen LogP contribution < -0.4 is 11.5 Å². The van der Waals surface area contributed by atoms with Crippen molar-refractivity contribution in [3.05, 3.63) is 54.5 Å². The fourth-order valence-corrected chi connectivity index (χ4v) is 4.86. The van der Waals surface area contributed by atoms with Gasteiger partial charge < -0.3 is 16.0 Å². The summed E-state index contributed by atoms with van der Waals surface area (Å²) in [7, 11) is 0. The number of anilines is 2. The summed E-state index contributed by atoms with van der Waals surface area (Å²) in [6, 6.07) is 12.9. The molecule has 0 spiro atoms. The van der Waals surface area contributed by atoms with Crippen LogP contribution in [0.25, 0.3) is 21.9 Å². The van der Waals surface area contributed by atoms with Crippen molar-refractivity contribution >= 4 is 33.6 Å². The molecular formula is C23H26N6. The molecule has 6 nitrogen and oxygen atoms in total. The SMILES string of the molecule is Nc1ccc2cccc(CCCC3CCC(n4ccc5c(N)ncnc54)C3)c2n1. The first-order chi connectivity index (χ1) is 14.2. The monoisotopic (exact) mass is 386 g/mol. The van der Waals surface area contributed by atoms with Crippen LogP contribution >= 0.6 is 0 Å². The molecule has 2 unspecified atom stereocenters. The minimum atomic E-state index is 0.505. The van der Waals surface area contributed by atoms with E-state index in [-0.39, 0.29) is 0 Å². The molecule has 0 radical (unpaired) electrons. The Bertz CT molecular complexity index is 1160. The summed E-state index contributed by atoms with van der Waals surface area (Å²) in [5.74, 6) is 1.91. The lowest BCUT2D eigenvalue weighted by molar-refractivity contribution is 0.449. The van der Waals surface area contributed by atoms with Crippen molar-refractivity contribution in [2.45, 2.75) is 44.6 Å². The number of aryl methyl sites for hydroxylation is 1. The Morgan fingerprint density at radius 1 is 1.03 bits per heavy atom. The number of hydrogen-bond acceptors (Lipinski definition) is 5. The zero-order valence-electron chi connectivity index (χ0n) is 16.5. The van der Waals surface area contributed by atoms with Crippen LogP contribution in [0.1, 0.15) is 43.7 Å². The highest BCUT2D eigenvalue weighted by atomic mass is 15.1. The number of nitrogens with two attached hydrogens (primary N) is 2. The molecule has 0 amide bonds. The Morgan fingerprint density at radius 2 is 1.97 bits per heavy atom. The van der Waals surface area contributed by atoms with Crippen molar-refractivity contribution in [2.24, 2.45) is 5.92 Å². The topological polar surface area (TPSA) is 95.6 Å². The van der Waals surface area contributed by atoms with Gasteiger partial charge in [0.25, 0.3) is 0 Å². The van der Waals surface area contributed by atoms with Gasteiger partial charge in [0.1, 0.15) is 23.6 Å². The molecule has 1 aromatic carbocycles. The van der Waals surface area contributed by atoms with Crippen LogP contribution in [0, 0.1) is 5.92 Å². The first-order valence-corrected chi connectivity index (χ1v) is 10.4. The molecule has 1 aliphatic carbocycles. The molecule has 0 aliphatic heterocycles. The van der Waals surface area contributed by atoms with E-state index in [2.05, 4.69) is 50.0 Å². The standard InChI is InChI=1S/C23H26N6/c24-20-10-8-17-6-2-5-16(21(17)28-20)4-1-3-15-7-9-18(13-15)29-12-11-19-22(25)26-14-27-23(19)29/h2,5-6,8,10-12,14-15,18H,1,3-4,7,9,13H2,(H2,24,28)(H2,25,26,27). The second-order valence-electron chi connectivity index (χ2n) is 8.17. The molecule has 3 aromatic heterocycles. The molecule has 1 saturated carbocycles. The lowest BCUT2D eigenvalue weighted by Crippen LogP contribution is -2.06. The Hall–Kier alpha value is -3.15. The maximum Gasteiger partial charge on any atom is 0.145 e. The molecule has 29 heavy (non-hydrogen) atoms. The fraction of sp³-hybridized carbons (Fsp3) is 0.348. The maximum absolute atomic E-state index is 5.99. The minimum Gasteiger partial charge on any atom is -0.384 e. The Kier molecular flexibility index (Phi) is 4.54. The number of rotatable bonds is 5. The van der Waals surface area contributed by atoms with Gasteiger partial charge in [-0.15, -0.1) is 0 Å². The predicted molar refractivity (Wildman–Crippen MR) is 117 cm³/mol. The molecule has 0 bridgehead atoms. The summed E-state index contributed by atoms with van der Waals surface area (Å²) in [6.45, 7) is 0. The number of fused-ring (bicyclic) bond motifs is 2. The zero-order valence-corrected chi connectivity index (χ0v) is 16.5. The van der Waals surface area contributed by atoms with E-state index in [9.17, 15) is 0 Å². The molecule has 6 heteroatoms. The van der Waals surface area contributed by atoms with Gasteiger partial charge in [-0.1, -0.05) is 24.6 Å². The van der Waals surface area contributed by atoms with Gasteiger partial charge in [0.2, 0.25) is 0 Å². The molecule has 4 aromatic rings. The largest absolute Gasteiger partial charge is 0.384 e. The summed E-state index contributed by atoms with van der Waals surface area (Å²) in [5.41, 5.74) is 15.2. The van der Waals surface area contributed by atoms with Crippen molar-refractivity contribution in [3.63, 3.8) is 0 Å². The summed E-state index contributed by atoms with van der Waals surface area (Å²) < 4.78 is 2.30. The van der Waals surface area contributed by atoms with E-state index >= 15 is 0 Å². The Morgan fingerprint density at radius 3 is 2.90 bits per heavy atom. The third-order valence-electron chi connectivity index (χ3n) is 6.33. The van der Waals surface area contributed by atoms with E-state index in [1.54, 1.807) is 6.33 Å². The van der Waals surface area contributed by atoms with Crippen molar-refractivity contribution < 1.29 is 0 Å². The van der Waals surface area contributed by atoms with Gasteiger partial charge in [0.15, 0.2) is 0 Å². The van der Waals surface area contributed by atoms with Crippen molar-refractivity contribution in [1.29, 1.82) is 0 Å². The van der Waals surface area contributed by atoms with Crippen LogP contribution in [0.15, 0.2) is 48.9 Å². The van der Waals surface area contributed by atoms with Crippen LogP contribution in [-0.4, -0.2) is 19.5 Å². The van der Waals surface area contributed by atoms with Crippen LogP contribution in [-0.2, 0) is 6.42 Å². The molecular weight excluding hydrogens is 360 g/mol. The smallest absolute Gasteiger partial charge is 0.145 e. The molecule has 1 aliphatic rings. The van der Waals surface area contributed by atoms with Gasteiger partial charge in [0.05, 0.1) is 10.9 Å². The fourth-order valence-electron chi connectivity index (χ4n) is 4.86. The van der Waals surface area contributed by atoms with Crippen LogP contribution in [0.3, 0.4) is 0 Å². The van der Waals surface area contributed by atoms with Crippen LogP contribution in [0.4, 0.5) is 11.6 Å². The van der Waals surface area contributed by atoms with Gasteiger partial charge >= 0.3 is 0 Å². The Balaban J connectivity index is 1.23. The van der Waals surface area contributed by atoms with E-state index in [0.717, 1.165) is 28.9 Å². The lowest BCUT2D eigenvalue weighted by Gasteiger charge is -2.14. The van der Waals surface area contributed by atoms with E-state index in [1.165, 1.54) is 43.1 Å². The van der Waals surface area contributed by atoms with Gasteiger partial charge in [0, 0.05) is 17.6 Å². The highest BCUT2D eigenvalue weighted by molar-refractivity contribution is 5.86. The van der Waals surface area contributed by atoms with Gasteiger partial charge in [-0.3, -0.25) is 0 Å². The van der Waals surface area contributed by atoms with E-state index in [4.69, 9.17) is 11.5 Å². The summed E-state index contributed by atoms with van der Waals surface area (Å²) in [4.78, 5) is 13.1. The van der Waals surface area contributed by atoms with E-state index in [0.29, 0.717) is 17.7 Å². The number of para-hydroxylation sites is 1. The number of nitrogens with zero attached hydrogens (tertiary/aromatic N) is 4. The number of benzene rings is 1. The number of nitrogen functional groups attached to an aromatic ring is 2. The normalized spacial score (nSPS) is 19.3. The van der Waals surface area contributed by atoms with Crippen molar-refractivity contribution in [2.75, 3.05) is 11.5 Å². The molecule has 2 atom stereocenters. The second kappa shape index (κ2) is 7.35. The first kappa shape index (κ1) is 17.9. The van der Waals surface area contributed by atoms with Crippen molar-refractivity contribution in [1.82, 2.24) is 19.5 Å². The minimum absolute atomic E-state index is 0.505. The average molecular weight is 387 g/mol. The molecule has 3 heterocycles. The summed E-state index contributed by atoms with van der Waals surface area (Å²) in [5, 5.41) is 2.12. The second-order valence-corrected chi connectivity index (χ2v) is 8.17. The molecule has 4 N–H and O–H groups in total. The highest BCUT2D eigenvalue weighted by Gasteiger charge is 2.26. The molecule has 148 valence electrons. The Labute approximate surface area is 170 Å². The third kappa shape index (κ3) is 3.39. The average Bonchev–Trinajstić information content (AvgIpc) is 3.36. The zero-order chi connectivity index (χ0) is 19.8. The predicted octanol–water partition coefficient (Wildman–Crippen LogP) is 4.51. The van der Waals surface area contributed by atoms with E-state index in [1.807, 2.05) is 12.1 Å². The summed E-state index contributed by atoms with van der Waals surface area (Å²) >= 11 is 0. The van der Waals surface area contributed by atoms with E-state index < -0.39 is 0 Å². The lowest BCUT2D eigenvalue weighted by atomic mass is 9.97. The molecule has 1 fully saturated rings. The van der Waals surface area contributed by atoms with Gasteiger partial charge in [-0.2, -0.15) is 0 Å². The van der Waals surface area contributed by atoms with Crippen LogP contribution in [0.2, 0.25) is 0 Å². The van der Waals surface area contributed by atoms with Crippen LogP contribution in [0.5, 0.6) is 0 Å². The number of pyridine rings is 1. The molecule has 5 rings (SSSR count). The summed E-state index contributed by atoms with van der Waals surface area (Å²) in [6.07, 6.45) is 10.8. The number of hydrogen-bond donors (Lipinski definition) is 2. The quantitative estimate of drug-likeness (QED) is 0.526. The van der Waals surface area contributed by atoms with Gasteiger partial charge in [-0.05, 0) is 61.8 Å². The highest BCUT2D eigenvalue weighted by Crippen LogP contribution is 2.39. The van der Waals surface area contributed by atoms with Gasteiger partial charge in [-0.25, -0.2) is 15.0 Å². The van der Waals surface area contributed by atoms with Crippen molar-refractivity contribution in [3.8, 4) is 0 Å². The third-order valence-corrected chi connectivity index (χ3v) is 6.33.